The van der Waals surface area contributed by atoms with E-state index >= 15 is 0 Å². The van der Waals surface area contributed by atoms with Crippen LogP contribution in [0, 0.1) is 0 Å². The predicted molar refractivity (Wildman–Crippen MR) is 164 cm³/mol. The fraction of sp³-hybridized carbons (Fsp3) is 0.538. The lowest BCUT2D eigenvalue weighted by atomic mass is 10.0. The highest BCUT2D eigenvalue weighted by molar-refractivity contribution is 7.98. The molecule has 14 N–H and O–H groups in total. The molecule has 16 heteroatoms. The molecule has 0 heterocycles. The molecule has 0 bridgehead atoms. The third-order valence-electron chi connectivity index (χ3n) is 6.02. The van der Waals surface area contributed by atoms with Crippen LogP contribution in [0.25, 0.3) is 0 Å². The molecule has 0 fully saturated rings. The number of aliphatic imine (C=N–C) groups is 2. The molecule has 0 aromatic heterocycles. The van der Waals surface area contributed by atoms with Gasteiger partial charge in [-0.05, 0) is 56.1 Å². The van der Waals surface area contributed by atoms with Gasteiger partial charge < -0.3 is 49.7 Å². The third kappa shape index (κ3) is 15.1. The van der Waals surface area contributed by atoms with Crippen molar-refractivity contribution in [3.63, 3.8) is 0 Å². The maximum Gasteiger partial charge on any atom is 0.326 e. The van der Waals surface area contributed by atoms with Crippen LogP contribution in [0.3, 0.4) is 0 Å². The number of rotatable bonds is 20. The van der Waals surface area contributed by atoms with Gasteiger partial charge in [0.1, 0.15) is 18.1 Å². The van der Waals surface area contributed by atoms with Crippen LogP contribution in [-0.4, -0.2) is 90.0 Å². The second-order valence-electron chi connectivity index (χ2n) is 9.50. The standard InChI is InChI=1S/C26H44N10O5S/c1-42-14-11-19(23(39)36-20(24(40)41)10-6-13-33-26(30)31)35-22(38)18(9-5-12-32-25(28)29)34-21(37)17(27)15-16-7-3-2-4-8-16/h2-4,7-8,17-20H,5-6,9-15,27H2,1H3,(H,34,37)(H,35,38)(H,36,39)(H,40,41)(H4,28,29,32)(H4,30,31,33). The van der Waals surface area contributed by atoms with Gasteiger partial charge in [0.2, 0.25) is 17.7 Å². The second kappa shape index (κ2) is 19.9. The molecule has 234 valence electrons. The van der Waals surface area contributed by atoms with Crippen LogP contribution >= 0.6 is 11.8 Å². The number of carboxylic acids is 1. The number of nitrogens with one attached hydrogen (secondary N) is 3. The summed E-state index contributed by atoms with van der Waals surface area (Å²) in [5.74, 6) is -2.79. The summed E-state index contributed by atoms with van der Waals surface area (Å²) in [6.45, 7) is 0.414. The van der Waals surface area contributed by atoms with Crippen LogP contribution < -0.4 is 44.6 Å². The molecule has 3 amide bonds. The van der Waals surface area contributed by atoms with Crippen molar-refractivity contribution in [3.05, 3.63) is 35.9 Å². The first-order valence-corrected chi connectivity index (χ1v) is 14.9. The lowest BCUT2D eigenvalue weighted by Crippen LogP contribution is -2.57. The number of hydrogen-bond donors (Lipinski definition) is 9. The topological polar surface area (TPSA) is 279 Å². The van der Waals surface area contributed by atoms with Crippen LogP contribution in [0.15, 0.2) is 40.3 Å². The number of carboxylic acid groups (broad SMARTS) is 1. The van der Waals surface area contributed by atoms with Crippen LogP contribution in [0.5, 0.6) is 0 Å². The van der Waals surface area contributed by atoms with E-state index in [0.29, 0.717) is 18.6 Å². The van der Waals surface area contributed by atoms with Gasteiger partial charge in [-0.25, -0.2) is 4.79 Å². The fourth-order valence-corrected chi connectivity index (χ4v) is 4.29. The number of carbonyl (C=O) groups excluding carboxylic acids is 3. The van der Waals surface area contributed by atoms with E-state index in [1.165, 1.54) is 11.8 Å². The Morgan fingerprint density at radius 3 is 1.76 bits per heavy atom. The summed E-state index contributed by atoms with van der Waals surface area (Å²) in [5.41, 5.74) is 28.3. The number of hydrogen-bond acceptors (Lipinski definition) is 8. The van der Waals surface area contributed by atoms with E-state index in [0.717, 1.165) is 5.56 Å². The molecular formula is C26H44N10O5S. The van der Waals surface area contributed by atoms with Gasteiger partial charge in [-0.15, -0.1) is 0 Å². The Labute approximate surface area is 249 Å². The molecule has 1 aromatic rings. The minimum absolute atomic E-state index is 0.0732. The van der Waals surface area contributed by atoms with E-state index in [-0.39, 0.29) is 50.7 Å². The number of carbonyl (C=O) groups is 4. The summed E-state index contributed by atoms with van der Waals surface area (Å²) in [5, 5.41) is 17.4. The van der Waals surface area contributed by atoms with Crippen molar-refractivity contribution in [1.82, 2.24) is 16.0 Å². The van der Waals surface area contributed by atoms with Crippen molar-refractivity contribution in [1.29, 1.82) is 0 Å². The number of amides is 3. The van der Waals surface area contributed by atoms with Gasteiger partial charge in [0.15, 0.2) is 11.9 Å². The lowest BCUT2D eigenvalue weighted by Gasteiger charge is -2.25. The highest BCUT2D eigenvalue weighted by atomic mass is 32.2. The molecule has 0 saturated carbocycles. The summed E-state index contributed by atoms with van der Waals surface area (Å²) in [6, 6.07) is 4.95. The van der Waals surface area contributed by atoms with E-state index < -0.39 is 47.9 Å². The maximum atomic E-state index is 13.4. The van der Waals surface area contributed by atoms with Crippen molar-refractivity contribution < 1.29 is 24.3 Å². The number of nitrogens with two attached hydrogens (primary N) is 5. The first kappa shape index (κ1) is 36.0. The molecule has 0 aliphatic carbocycles. The molecular weight excluding hydrogens is 564 g/mol. The predicted octanol–water partition coefficient (Wildman–Crippen LogP) is -2.04. The lowest BCUT2D eigenvalue weighted by molar-refractivity contribution is -0.142. The Hall–Kier alpha value is -4.05. The molecule has 0 saturated heterocycles. The Balaban J connectivity index is 2.99. The molecule has 42 heavy (non-hydrogen) atoms. The van der Waals surface area contributed by atoms with E-state index in [4.69, 9.17) is 28.7 Å². The number of nitrogens with zero attached hydrogens (tertiary/aromatic N) is 2. The van der Waals surface area contributed by atoms with Crippen LogP contribution in [0.4, 0.5) is 0 Å². The largest absolute Gasteiger partial charge is 0.480 e. The molecule has 0 radical (unpaired) electrons. The van der Waals surface area contributed by atoms with Crippen molar-refractivity contribution in [2.75, 3.05) is 25.1 Å². The zero-order chi connectivity index (χ0) is 31.5. The zero-order valence-electron chi connectivity index (χ0n) is 23.8. The van der Waals surface area contributed by atoms with E-state index in [1.807, 2.05) is 36.6 Å². The Bertz CT molecular complexity index is 1060. The first-order valence-electron chi connectivity index (χ1n) is 13.5. The van der Waals surface area contributed by atoms with E-state index in [9.17, 15) is 24.3 Å². The van der Waals surface area contributed by atoms with Crippen LogP contribution in [-0.2, 0) is 25.6 Å². The Morgan fingerprint density at radius 2 is 1.26 bits per heavy atom. The second-order valence-corrected chi connectivity index (χ2v) is 10.5. The Kier molecular flexibility index (Phi) is 17.1. The van der Waals surface area contributed by atoms with Gasteiger partial charge >= 0.3 is 5.97 Å². The summed E-state index contributed by atoms with van der Waals surface area (Å²) in [6.07, 6.45) is 3.21. The van der Waals surface area contributed by atoms with Gasteiger partial charge in [-0.2, -0.15) is 11.8 Å². The summed E-state index contributed by atoms with van der Waals surface area (Å²) < 4.78 is 0. The Morgan fingerprint density at radius 1 is 0.786 bits per heavy atom. The first-order chi connectivity index (χ1) is 19.9. The molecule has 1 aromatic carbocycles. The maximum absolute atomic E-state index is 13.4. The normalized spacial score (nSPS) is 13.5. The average molecular weight is 609 g/mol. The monoisotopic (exact) mass is 608 g/mol. The van der Waals surface area contributed by atoms with Gasteiger partial charge in [0.25, 0.3) is 0 Å². The van der Waals surface area contributed by atoms with Gasteiger partial charge in [-0.1, -0.05) is 30.3 Å². The molecule has 0 aliphatic heterocycles. The molecule has 0 aliphatic rings. The van der Waals surface area contributed by atoms with Crippen molar-refractivity contribution in [2.24, 2.45) is 38.7 Å². The minimum Gasteiger partial charge on any atom is -0.480 e. The molecule has 4 unspecified atom stereocenters. The minimum atomic E-state index is -1.24. The van der Waals surface area contributed by atoms with E-state index in [2.05, 4.69) is 25.9 Å². The van der Waals surface area contributed by atoms with Gasteiger partial charge in [-0.3, -0.25) is 24.4 Å². The SMILES string of the molecule is CSCCC(NC(=O)C(CCCN=C(N)N)NC(=O)C(N)Cc1ccccc1)C(=O)NC(CCCN=C(N)N)C(=O)O. The highest BCUT2D eigenvalue weighted by Crippen LogP contribution is 2.08. The number of aliphatic carboxylic acids is 1. The van der Waals surface area contributed by atoms with Gasteiger partial charge in [0, 0.05) is 13.1 Å². The summed E-state index contributed by atoms with van der Waals surface area (Å²) in [4.78, 5) is 58.9. The average Bonchev–Trinajstić information content (AvgIpc) is 2.93. The van der Waals surface area contributed by atoms with Crippen molar-refractivity contribution >= 4 is 47.4 Å². The molecule has 1 rings (SSSR count). The number of thioether (sulfide) groups is 1. The zero-order valence-corrected chi connectivity index (χ0v) is 24.6. The third-order valence-corrected chi connectivity index (χ3v) is 6.66. The van der Waals surface area contributed by atoms with Crippen LogP contribution in [0.1, 0.15) is 37.7 Å². The van der Waals surface area contributed by atoms with Gasteiger partial charge in [0.05, 0.1) is 6.04 Å². The summed E-state index contributed by atoms with van der Waals surface area (Å²) in [7, 11) is 0. The molecule has 4 atom stereocenters. The quantitative estimate of drug-likeness (QED) is 0.0441. The van der Waals surface area contributed by atoms with Crippen molar-refractivity contribution in [3.8, 4) is 0 Å². The highest BCUT2D eigenvalue weighted by Gasteiger charge is 2.30. The summed E-state index contributed by atoms with van der Waals surface area (Å²) >= 11 is 1.45. The smallest absolute Gasteiger partial charge is 0.326 e. The molecule has 0 spiro atoms. The number of benzene rings is 1. The van der Waals surface area contributed by atoms with Crippen LogP contribution in [0.2, 0.25) is 0 Å². The van der Waals surface area contributed by atoms with Crippen molar-refractivity contribution in [2.45, 2.75) is 62.7 Å². The molecule has 15 nitrogen and oxygen atoms in total. The number of guanidine groups is 2. The fourth-order valence-electron chi connectivity index (χ4n) is 3.82. The van der Waals surface area contributed by atoms with E-state index in [1.54, 1.807) is 0 Å².